The normalized spacial score (nSPS) is 20.5. The molecular formula is C22H27ClN4O2+2. The smallest absolute Gasteiger partial charge is 0.258 e. The molecule has 0 bridgehead atoms. The number of halogens is 1. The van der Waals surface area contributed by atoms with Gasteiger partial charge in [0.05, 0.1) is 10.9 Å². The summed E-state index contributed by atoms with van der Waals surface area (Å²) in [5, 5.41) is 1.37. The summed E-state index contributed by atoms with van der Waals surface area (Å²) in [7, 11) is 0. The summed E-state index contributed by atoms with van der Waals surface area (Å²) in [6.07, 6.45) is 0. The molecule has 0 radical (unpaired) electrons. The zero-order valence-corrected chi connectivity index (χ0v) is 17.3. The van der Waals surface area contributed by atoms with Gasteiger partial charge < -0.3 is 19.5 Å². The van der Waals surface area contributed by atoms with Gasteiger partial charge in [-0.1, -0.05) is 23.7 Å². The molecule has 3 aromatic rings. The minimum atomic E-state index is -0.0551. The lowest BCUT2D eigenvalue weighted by Gasteiger charge is -2.32. The summed E-state index contributed by atoms with van der Waals surface area (Å²) in [5.41, 5.74) is 0.710. The van der Waals surface area contributed by atoms with Crippen LogP contribution in [-0.4, -0.2) is 49.3 Å². The van der Waals surface area contributed by atoms with E-state index in [0.717, 1.165) is 54.8 Å². The standard InChI is InChI=1S/C22H25ClN4O2/c1-16(21-24-20-5-3-2-4-19(20)22(28)25-21)27-12-10-26(11-13-27)14-15-29-18-8-6-17(23)7-9-18/h2-9,16H,10-15H2,1H3,(H,24,25,28)/p+2/t16-/m0/s1. The zero-order chi connectivity index (χ0) is 20.2. The van der Waals surface area contributed by atoms with Gasteiger partial charge in [0.2, 0.25) is 0 Å². The van der Waals surface area contributed by atoms with Gasteiger partial charge in [0.15, 0.2) is 5.82 Å². The predicted molar refractivity (Wildman–Crippen MR) is 114 cm³/mol. The Bertz CT molecular complexity index is 1010. The molecule has 152 valence electrons. The maximum atomic E-state index is 12.4. The molecule has 6 nitrogen and oxygen atoms in total. The molecule has 1 aliphatic heterocycles. The Kier molecular flexibility index (Phi) is 6.13. The first-order valence-electron chi connectivity index (χ1n) is 10.2. The highest BCUT2D eigenvalue weighted by molar-refractivity contribution is 6.30. The third-order valence-electron chi connectivity index (χ3n) is 5.79. The zero-order valence-electron chi connectivity index (χ0n) is 16.6. The molecular weight excluding hydrogens is 388 g/mol. The van der Waals surface area contributed by atoms with Crippen molar-refractivity contribution in [2.75, 3.05) is 39.3 Å². The number of quaternary nitrogens is 2. The lowest BCUT2D eigenvalue weighted by Crippen LogP contribution is -3.28. The fourth-order valence-electron chi connectivity index (χ4n) is 3.95. The molecule has 1 fully saturated rings. The number of ether oxygens (including phenoxy) is 1. The van der Waals surface area contributed by atoms with Crippen molar-refractivity contribution in [3.05, 3.63) is 69.7 Å². The molecule has 29 heavy (non-hydrogen) atoms. The SMILES string of the molecule is C[C@@H](c1nc2ccccc2c(=O)[nH]1)[NH+]1CC[NH+](CCOc2ccc(Cl)cc2)CC1. The Morgan fingerprint density at radius 2 is 1.83 bits per heavy atom. The Labute approximate surface area is 175 Å². The van der Waals surface area contributed by atoms with Gasteiger partial charge in [-0.05, 0) is 43.3 Å². The number of hydrogen-bond acceptors (Lipinski definition) is 3. The number of nitrogens with one attached hydrogen (secondary N) is 3. The van der Waals surface area contributed by atoms with Crippen molar-refractivity contribution < 1.29 is 14.5 Å². The van der Waals surface area contributed by atoms with Crippen LogP contribution in [0.15, 0.2) is 53.3 Å². The van der Waals surface area contributed by atoms with E-state index >= 15 is 0 Å². The third kappa shape index (κ3) is 4.78. The average Bonchev–Trinajstić information content (AvgIpc) is 2.75. The maximum absolute atomic E-state index is 12.4. The van der Waals surface area contributed by atoms with Gasteiger partial charge >= 0.3 is 0 Å². The second-order valence-corrected chi connectivity index (χ2v) is 8.09. The van der Waals surface area contributed by atoms with Crippen LogP contribution in [0.25, 0.3) is 10.9 Å². The monoisotopic (exact) mass is 414 g/mol. The summed E-state index contributed by atoms with van der Waals surface area (Å²) in [4.78, 5) is 23.1. The molecule has 1 saturated heterocycles. The third-order valence-corrected chi connectivity index (χ3v) is 6.04. The van der Waals surface area contributed by atoms with Gasteiger partial charge in [-0.25, -0.2) is 4.98 Å². The largest absolute Gasteiger partial charge is 0.488 e. The number of benzene rings is 2. The van der Waals surface area contributed by atoms with Crippen molar-refractivity contribution in [1.82, 2.24) is 9.97 Å². The summed E-state index contributed by atoms with van der Waals surface area (Å²) < 4.78 is 5.83. The predicted octanol–water partition coefficient (Wildman–Crippen LogP) is 0.500. The molecule has 0 unspecified atom stereocenters. The van der Waals surface area contributed by atoms with Crippen LogP contribution < -0.4 is 20.1 Å². The van der Waals surface area contributed by atoms with E-state index in [2.05, 4.69) is 11.9 Å². The van der Waals surface area contributed by atoms with E-state index in [0.29, 0.717) is 12.0 Å². The number of H-pyrrole nitrogens is 1. The van der Waals surface area contributed by atoms with Crippen molar-refractivity contribution in [1.29, 1.82) is 0 Å². The highest BCUT2D eigenvalue weighted by atomic mass is 35.5. The quantitative estimate of drug-likeness (QED) is 0.550. The van der Waals surface area contributed by atoms with Crippen molar-refractivity contribution in [3.8, 4) is 5.75 Å². The Hall–Kier alpha value is -2.41. The molecule has 1 aliphatic rings. The Morgan fingerprint density at radius 3 is 2.59 bits per heavy atom. The van der Waals surface area contributed by atoms with E-state index in [1.165, 1.54) is 4.90 Å². The summed E-state index contributed by atoms with van der Waals surface area (Å²) in [5.74, 6) is 1.64. The van der Waals surface area contributed by atoms with Crippen LogP contribution in [-0.2, 0) is 0 Å². The minimum absolute atomic E-state index is 0.0551. The molecule has 2 aromatic carbocycles. The van der Waals surface area contributed by atoms with E-state index in [-0.39, 0.29) is 11.6 Å². The topological polar surface area (TPSA) is 63.9 Å². The first-order valence-corrected chi connectivity index (χ1v) is 10.5. The van der Waals surface area contributed by atoms with Gasteiger partial charge in [0, 0.05) is 5.02 Å². The molecule has 0 saturated carbocycles. The Morgan fingerprint density at radius 1 is 1.10 bits per heavy atom. The van der Waals surface area contributed by atoms with Crippen LogP contribution in [0.3, 0.4) is 0 Å². The first kappa shape index (κ1) is 19.9. The summed E-state index contributed by atoms with van der Waals surface area (Å²) >= 11 is 5.90. The average molecular weight is 415 g/mol. The number of piperazine rings is 1. The van der Waals surface area contributed by atoms with E-state index in [4.69, 9.17) is 21.3 Å². The number of aromatic nitrogens is 2. The number of para-hydroxylation sites is 1. The molecule has 1 aromatic heterocycles. The second-order valence-electron chi connectivity index (χ2n) is 7.65. The van der Waals surface area contributed by atoms with Crippen LogP contribution in [0.1, 0.15) is 18.8 Å². The Balaban J connectivity index is 1.30. The van der Waals surface area contributed by atoms with Crippen LogP contribution >= 0.6 is 11.6 Å². The highest BCUT2D eigenvalue weighted by Crippen LogP contribution is 2.15. The number of aromatic amines is 1. The van der Waals surface area contributed by atoms with Crippen LogP contribution in [0.2, 0.25) is 5.02 Å². The first-order chi connectivity index (χ1) is 14.1. The van der Waals surface area contributed by atoms with Gasteiger partial charge in [-0.15, -0.1) is 0 Å². The van der Waals surface area contributed by atoms with Gasteiger partial charge in [0.25, 0.3) is 5.56 Å². The molecule has 0 spiro atoms. The lowest BCUT2D eigenvalue weighted by molar-refractivity contribution is -1.03. The van der Waals surface area contributed by atoms with Gasteiger partial charge in [-0.3, -0.25) is 4.79 Å². The van der Waals surface area contributed by atoms with E-state index in [1.54, 1.807) is 4.90 Å². The fourth-order valence-corrected chi connectivity index (χ4v) is 4.08. The van der Waals surface area contributed by atoms with Crippen LogP contribution in [0, 0.1) is 0 Å². The van der Waals surface area contributed by atoms with Crippen molar-refractivity contribution in [3.63, 3.8) is 0 Å². The van der Waals surface area contributed by atoms with Crippen LogP contribution in [0.4, 0.5) is 0 Å². The van der Waals surface area contributed by atoms with Gasteiger partial charge in [-0.2, -0.15) is 0 Å². The lowest BCUT2D eigenvalue weighted by atomic mass is 10.2. The summed E-state index contributed by atoms with van der Waals surface area (Å²) in [6.45, 7) is 8.10. The second kappa shape index (κ2) is 8.95. The molecule has 4 rings (SSSR count). The molecule has 0 aliphatic carbocycles. The molecule has 0 amide bonds. The number of hydrogen-bond donors (Lipinski definition) is 3. The van der Waals surface area contributed by atoms with E-state index in [9.17, 15) is 4.79 Å². The molecule has 2 heterocycles. The molecule has 7 heteroatoms. The van der Waals surface area contributed by atoms with Gasteiger partial charge in [0.1, 0.15) is 51.1 Å². The minimum Gasteiger partial charge on any atom is -0.488 e. The summed E-state index contributed by atoms with van der Waals surface area (Å²) in [6, 6.07) is 15.2. The van der Waals surface area contributed by atoms with Crippen molar-refractivity contribution >= 4 is 22.5 Å². The fraction of sp³-hybridized carbons (Fsp3) is 0.364. The maximum Gasteiger partial charge on any atom is 0.258 e. The van der Waals surface area contributed by atoms with Crippen molar-refractivity contribution in [2.45, 2.75) is 13.0 Å². The highest BCUT2D eigenvalue weighted by Gasteiger charge is 2.29. The van der Waals surface area contributed by atoms with Crippen LogP contribution in [0.5, 0.6) is 5.75 Å². The van der Waals surface area contributed by atoms with Crippen molar-refractivity contribution in [2.24, 2.45) is 0 Å². The van der Waals surface area contributed by atoms with E-state index in [1.807, 2.05) is 48.5 Å². The molecule has 1 atom stereocenters. The number of fused-ring (bicyclic) bond motifs is 1. The molecule has 3 N–H and O–H groups in total. The number of rotatable bonds is 6. The number of nitrogens with zero attached hydrogens (tertiary/aromatic N) is 1. The van der Waals surface area contributed by atoms with E-state index < -0.39 is 0 Å².